The first-order chi connectivity index (χ1) is 7.03. The Balaban J connectivity index is 2.28. The summed E-state index contributed by atoms with van der Waals surface area (Å²) in [5, 5.41) is 11.2. The molecule has 0 spiro atoms. The summed E-state index contributed by atoms with van der Waals surface area (Å²) in [6, 6.07) is 0. The van der Waals surface area contributed by atoms with Gasteiger partial charge in [0.15, 0.2) is 0 Å². The van der Waals surface area contributed by atoms with Gasteiger partial charge in [0.1, 0.15) is 0 Å². The van der Waals surface area contributed by atoms with Gasteiger partial charge in [-0.05, 0) is 13.8 Å². The van der Waals surface area contributed by atoms with E-state index in [1.54, 1.807) is 0 Å². The van der Waals surface area contributed by atoms with E-state index in [0.29, 0.717) is 19.7 Å². The molecule has 0 aromatic carbocycles. The minimum Gasteiger partial charge on any atom is -0.395 e. The van der Waals surface area contributed by atoms with Crippen LogP contribution in [0.15, 0.2) is 0 Å². The lowest BCUT2D eigenvalue weighted by atomic mass is 10.1. The topological polar surface area (TPSA) is 61.8 Å². The highest BCUT2D eigenvalue weighted by molar-refractivity contribution is 5.78. The number of morpholine rings is 1. The Morgan fingerprint density at radius 1 is 1.60 bits per heavy atom. The molecular formula is C10H20N2O3. The number of nitrogens with one attached hydrogen (secondary N) is 1. The van der Waals surface area contributed by atoms with E-state index in [-0.39, 0.29) is 18.1 Å². The fourth-order valence-corrected chi connectivity index (χ4v) is 1.70. The van der Waals surface area contributed by atoms with Gasteiger partial charge < -0.3 is 15.2 Å². The van der Waals surface area contributed by atoms with Gasteiger partial charge in [-0.3, -0.25) is 9.69 Å². The first-order valence-electron chi connectivity index (χ1n) is 5.27. The third-order valence-corrected chi connectivity index (χ3v) is 2.31. The summed E-state index contributed by atoms with van der Waals surface area (Å²) in [6.07, 6.45) is 0. The summed E-state index contributed by atoms with van der Waals surface area (Å²) in [4.78, 5) is 13.4. The molecule has 0 saturated carbocycles. The van der Waals surface area contributed by atoms with Gasteiger partial charge in [0, 0.05) is 19.6 Å². The van der Waals surface area contributed by atoms with Crippen molar-refractivity contribution in [2.45, 2.75) is 19.4 Å². The normalized spacial score (nSPS) is 21.3. The van der Waals surface area contributed by atoms with Crippen LogP contribution in [0.4, 0.5) is 0 Å². The lowest BCUT2D eigenvalue weighted by Crippen LogP contribution is -2.51. The molecule has 0 radical (unpaired) electrons. The van der Waals surface area contributed by atoms with E-state index < -0.39 is 0 Å². The summed E-state index contributed by atoms with van der Waals surface area (Å²) >= 11 is 0. The zero-order valence-corrected chi connectivity index (χ0v) is 9.45. The molecule has 5 heteroatoms. The summed E-state index contributed by atoms with van der Waals surface area (Å²) in [5.74, 6) is -0.0400. The molecule has 88 valence electrons. The maximum absolute atomic E-state index is 11.4. The number of nitrogens with zero attached hydrogens (tertiary/aromatic N) is 1. The van der Waals surface area contributed by atoms with Gasteiger partial charge in [-0.1, -0.05) is 0 Å². The van der Waals surface area contributed by atoms with Crippen LogP contribution in [0.2, 0.25) is 0 Å². The Kier molecular flexibility index (Phi) is 4.50. The van der Waals surface area contributed by atoms with Crippen molar-refractivity contribution in [1.82, 2.24) is 10.2 Å². The van der Waals surface area contributed by atoms with E-state index >= 15 is 0 Å². The quantitative estimate of drug-likeness (QED) is 0.646. The van der Waals surface area contributed by atoms with E-state index in [1.807, 2.05) is 13.8 Å². The zero-order chi connectivity index (χ0) is 11.3. The largest absolute Gasteiger partial charge is 0.395 e. The fraction of sp³-hybridized carbons (Fsp3) is 0.900. The molecule has 15 heavy (non-hydrogen) atoms. The van der Waals surface area contributed by atoms with Crippen molar-refractivity contribution in [2.75, 3.05) is 39.4 Å². The van der Waals surface area contributed by atoms with Crippen LogP contribution in [-0.4, -0.2) is 60.9 Å². The highest BCUT2D eigenvalue weighted by Gasteiger charge is 2.27. The van der Waals surface area contributed by atoms with Gasteiger partial charge in [0.25, 0.3) is 0 Å². The van der Waals surface area contributed by atoms with Crippen LogP contribution in [0.5, 0.6) is 0 Å². The number of aliphatic hydroxyl groups is 1. The van der Waals surface area contributed by atoms with Crippen LogP contribution in [-0.2, 0) is 9.53 Å². The number of rotatable bonds is 4. The molecule has 5 nitrogen and oxygen atoms in total. The van der Waals surface area contributed by atoms with Gasteiger partial charge in [-0.25, -0.2) is 0 Å². The van der Waals surface area contributed by atoms with Crippen LogP contribution in [0.25, 0.3) is 0 Å². The minimum absolute atomic E-state index is 0.0135. The molecule has 0 unspecified atom stereocenters. The van der Waals surface area contributed by atoms with Gasteiger partial charge in [0.05, 0.1) is 25.4 Å². The van der Waals surface area contributed by atoms with Crippen LogP contribution in [0, 0.1) is 0 Å². The number of aliphatic hydroxyl groups excluding tert-OH is 1. The molecule has 2 N–H and O–H groups in total. The Morgan fingerprint density at radius 2 is 2.33 bits per heavy atom. The summed E-state index contributed by atoms with van der Waals surface area (Å²) < 4.78 is 5.54. The Labute approximate surface area is 90.4 Å². The molecule has 1 rings (SSSR count). The maximum atomic E-state index is 11.4. The molecule has 0 bridgehead atoms. The molecule has 1 amide bonds. The monoisotopic (exact) mass is 216 g/mol. The summed E-state index contributed by atoms with van der Waals surface area (Å²) in [6.45, 7) is 6.95. The molecule has 1 saturated heterocycles. The van der Waals surface area contributed by atoms with Gasteiger partial charge in [-0.15, -0.1) is 0 Å². The molecule has 1 aliphatic rings. The number of hydrogen-bond donors (Lipinski definition) is 2. The molecule has 0 aromatic rings. The van der Waals surface area contributed by atoms with Gasteiger partial charge in [0.2, 0.25) is 5.91 Å². The predicted octanol–water partition coefficient (Wildman–Crippen LogP) is -0.794. The Bertz CT molecular complexity index is 219. The van der Waals surface area contributed by atoms with Crippen LogP contribution in [0.3, 0.4) is 0 Å². The van der Waals surface area contributed by atoms with E-state index in [2.05, 4.69) is 10.2 Å². The van der Waals surface area contributed by atoms with Crippen molar-refractivity contribution in [3.8, 4) is 0 Å². The molecule has 1 heterocycles. The number of carbonyl (C=O) groups excluding carboxylic acids is 1. The zero-order valence-electron chi connectivity index (χ0n) is 9.45. The van der Waals surface area contributed by atoms with Gasteiger partial charge in [-0.2, -0.15) is 0 Å². The summed E-state index contributed by atoms with van der Waals surface area (Å²) in [7, 11) is 0. The van der Waals surface area contributed by atoms with E-state index in [4.69, 9.17) is 9.84 Å². The van der Waals surface area contributed by atoms with E-state index in [0.717, 1.165) is 13.1 Å². The average molecular weight is 216 g/mol. The molecule has 0 aliphatic carbocycles. The Hall–Kier alpha value is -0.650. The van der Waals surface area contributed by atoms with Crippen molar-refractivity contribution in [1.29, 1.82) is 0 Å². The second kappa shape index (κ2) is 5.44. The number of ether oxygens (including phenoxy) is 1. The van der Waals surface area contributed by atoms with Crippen molar-refractivity contribution < 1.29 is 14.6 Å². The Morgan fingerprint density at radius 3 is 2.93 bits per heavy atom. The number of hydrogen-bond acceptors (Lipinski definition) is 4. The SMILES string of the molecule is CC1(C)CN(CC(=O)NCCO)CCO1. The molecular weight excluding hydrogens is 196 g/mol. The number of carbonyl (C=O) groups is 1. The van der Waals surface area contributed by atoms with E-state index in [1.165, 1.54) is 0 Å². The first kappa shape index (κ1) is 12.4. The van der Waals surface area contributed by atoms with Crippen LogP contribution >= 0.6 is 0 Å². The van der Waals surface area contributed by atoms with Crippen molar-refractivity contribution in [3.63, 3.8) is 0 Å². The second-order valence-corrected chi connectivity index (χ2v) is 4.39. The fourth-order valence-electron chi connectivity index (χ4n) is 1.70. The predicted molar refractivity (Wildman–Crippen MR) is 56.6 cm³/mol. The van der Waals surface area contributed by atoms with Crippen LogP contribution < -0.4 is 5.32 Å². The molecule has 1 aliphatic heterocycles. The first-order valence-corrected chi connectivity index (χ1v) is 5.27. The maximum Gasteiger partial charge on any atom is 0.234 e. The summed E-state index contributed by atoms with van der Waals surface area (Å²) in [5.41, 5.74) is -0.171. The van der Waals surface area contributed by atoms with Crippen molar-refractivity contribution in [3.05, 3.63) is 0 Å². The molecule has 1 fully saturated rings. The average Bonchev–Trinajstić information content (AvgIpc) is 2.13. The minimum atomic E-state index is -0.171. The highest BCUT2D eigenvalue weighted by Crippen LogP contribution is 2.15. The second-order valence-electron chi connectivity index (χ2n) is 4.39. The van der Waals surface area contributed by atoms with Crippen molar-refractivity contribution in [2.24, 2.45) is 0 Å². The lowest BCUT2D eigenvalue weighted by Gasteiger charge is -2.37. The smallest absolute Gasteiger partial charge is 0.234 e. The lowest BCUT2D eigenvalue weighted by molar-refractivity contribution is -0.127. The third-order valence-electron chi connectivity index (χ3n) is 2.31. The standard InChI is InChI=1S/C10H20N2O3/c1-10(2)8-12(4-6-15-10)7-9(14)11-3-5-13/h13H,3-8H2,1-2H3,(H,11,14). The third kappa shape index (κ3) is 4.59. The number of amides is 1. The van der Waals surface area contributed by atoms with Crippen LogP contribution in [0.1, 0.15) is 13.8 Å². The van der Waals surface area contributed by atoms with Crippen molar-refractivity contribution >= 4 is 5.91 Å². The highest BCUT2D eigenvalue weighted by atomic mass is 16.5. The molecule has 0 atom stereocenters. The molecule has 0 aromatic heterocycles. The van der Waals surface area contributed by atoms with E-state index in [9.17, 15) is 4.79 Å². The van der Waals surface area contributed by atoms with Gasteiger partial charge >= 0.3 is 0 Å².